The van der Waals surface area contributed by atoms with Crippen LogP contribution < -0.4 is 4.74 Å². The molecule has 1 aromatic carbocycles. The van der Waals surface area contributed by atoms with E-state index in [4.69, 9.17) is 4.74 Å². The third kappa shape index (κ3) is 1.12. The lowest BCUT2D eigenvalue weighted by atomic mass is 10.1. The predicted octanol–water partition coefficient (Wildman–Crippen LogP) is 1.65. The van der Waals surface area contributed by atoms with Crippen molar-refractivity contribution in [3.05, 3.63) is 24.4 Å². The third-order valence-electron chi connectivity index (χ3n) is 2.03. The normalized spacial score (nSPS) is 10.4. The summed E-state index contributed by atoms with van der Waals surface area (Å²) < 4.78 is 4.90. The minimum atomic E-state index is -0.00611. The first-order valence-corrected chi connectivity index (χ1v) is 4.07. The molecule has 4 heteroatoms. The molecule has 0 aliphatic heterocycles. The SMILES string of the molecule is COc1cc(O)c2ncccc2c1O. The highest BCUT2D eigenvalue weighted by Gasteiger charge is 2.11. The van der Waals surface area contributed by atoms with Crippen LogP contribution in [-0.2, 0) is 0 Å². The number of phenolic OH excluding ortho intramolecular Hbond substituents is 2. The zero-order chi connectivity index (χ0) is 10.1. The topological polar surface area (TPSA) is 62.6 Å². The fourth-order valence-electron chi connectivity index (χ4n) is 1.35. The fourth-order valence-corrected chi connectivity index (χ4v) is 1.35. The van der Waals surface area contributed by atoms with E-state index < -0.39 is 0 Å². The number of nitrogens with zero attached hydrogens (tertiary/aromatic N) is 1. The van der Waals surface area contributed by atoms with E-state index in [1.54, 1.807) is 18.3 Å². The Bertz CT molecular complexity index is 482. The molecule has 2 aromatic rings. The second-order valence-electron chi connectivity index (χ2n) is 2.85. The Morgan fingerprint density at radius 1 is 1.36 bits per heavy atom. The van der Waals surface area contributed by atoms with Crippen LogP contribution in [0.3, 0.4) is 0 Å². The predicted molar refractivity (Wildman–Crippen MR) is 51.6 cm³/mol. The summed E-state index contributed by atoms with van der Waals surface area (Å²) in [6.07, 6.45) is 1.55. The molecular weight excluding hydrogens is 182 g/mol. The minimum absolute atomic E-state index is 0.00440. The first-order chi connectivity index (χ1) is 6.74. The summed E-state index contributed by atoms with van der Waals surface area (Å²) >= 11 is 0. The Hall–Kier alpha value is -1.97. The highest BCUT2D eigenvalue weighted by atomic mass is 16.5. The molecule has 0 unspecified atom stereocenters. The smallest absolute Gasteiger partial charge is 0.167 e. The quantitative estimate of drug-likeness (QED) is 0.673. The molecule has 0 saturated carbocycles. The number of phenols is 2. The number of benzene rings is 1. The minimum Gasteiger partial charge on any atom is -0.506 e. The first kappa shape index (κ1) is 8.62. The Balaban J connectivity index is 2.87. The van der Waals surface area contributed by atoms with E-state index in [1.807, 2.05) is 0 Å². The summed E-state index contributed by atoms with van der Waals surface area (Å²) in [5, 5.41) is 19.7. The number of aromatic hydroxyl groups is 2. The largest absolute Gasteiger partial charge is 0.506 e. The number of pyridine rings is 1. The van der Waals surface area contributed by atoms with E-state index in [0.717, 1.165) is 0 Å². The van der Waals surface area contributed by atoms with Crippen molar-refractivity contribution in [1.82, 2.24) is 4.98 Å². The number of rotatable bonds is 1. The van der Waals surface area contributed by atoms with Crippen molar-refractivity contribution in [2.75, 3.05) is 7.11 Å². The van der Waals surface area contributed by atoms with Gasteiger partial charge in [-0.25, -0.2) is 0 Å². The Morgan fingerprint density at radius 3 is 2.86 bits per heavy atom. The van der Waals surface area contributed by atoms with Gasteiger partial charge in [-0.3, -0.25) is 4.98 Å². The highest BCUT2D eigenvalue weighted by molar-refractivity contribution is 5.91. The molecule has 0 spiro atoms. The van der Waals surface area contributed by atoms with Gasteiger partial charge < -0.3 is 14.9 Å². The molecule has 0 bridgehead atoms. The van der Waals surface area contributed by atoms with Crippen molar-refractivity contribution >= 4 is 10.9 Å². The number of aromatic nitrogens is 1. The van der Waals surface area contributed by atoms with Crippen molar-refractivity contribution in [1.29, 1.82) is 0 Å². The molecule has 2 N–H and O–H groups in total. The molecule has 2 rings (SSSR count). The summed E-state index contributed by atoms with van der Waals surface area (Å²) in [6.45, 7) is 0. The number of hydrogen-bond acceptors (Lipinski definition) is 4. The maximum absolute atomic E-state index is 9.70. The van der Waals surface area contributed by atoms with Gasteiger partial charge in [-0.2, -0.15) is 0 Å². The molecule has 1 heterocycles. The number of hydrogen-bond donors (Lipinski definition) is 2. The second-order valence-corrected chi connectivity index (χ2v) is 2.85. The van der Waals surface area contributed by atoms with E-state index in [2.05, 4.69) is 4.98 Å². The number of fused-ring (bicyclic) bond motifs is 1. The average molecular weight is 191 g/mol. The molecule has 4 nitrogen and oxygen atoms in total. The van der Waals surface area contributed by atoms with Crippen LogP contribution in [0.25, 0.3) is 10.9 Å². The molecular formula is C10H9NO3. The third-order valence-corrected chi connectivity index (χ3v) is 2.03. The lowest BCUT2D eigenvalue weighted by molar-refractivity contribution is 0.372. The lowest BCUT2D eigenvalue weighted by Gasteiger charge is -2.07. The van der Waals surface area contributed by atoms with Crippen LogP contribution in [0.5, 0.6) is 17.2 Å². The van der Waals surface area contributed by atoms with Gasteiger partial charge in [0.2, 0.25) is 0 Å². The van der Waals surface area contributed by atoms with Gasteiger partial charge in [0.15, 0.2) is 11.5 Å². The molecule has 0 aliphatic carbocycles. The van der Waals surface area contributed by atoms with Gasteiger partial charge in [-0.15, -0.1) is 0 Å². The van der Waals surface area contributed by atoms with Crippen LogP contribution in [0.4, 0.5) is 0 Å². The van der Waals surface area contributed by atoms with Gasteiger partial charge in [-0.1, -0.05) is 0 Å². The lowest BCUT2D eigenvalue weighted by Crippen LogP contribution is -1.86. The summed E-state index contributed by atoms with van der Waals surface area (Å²) in [5.41, 5.74) is 0.366. The van der Waals surface area contributed by atoms with Gasteiger partial charge in [-0.05, 0) is 12.1 Å². The van der Waals surface area contributed by atoms with Crippen LogP contribution >= 0.6 is 0 Å². The van der Waals surface area contributed by atoms with Crippen molar-refractivity contribution in [3.63, 3.8) is 0 Å². The van der Waals surface area contributed by atoms with E-state index in [1.165, 1.54) is 13.2 Å². The molecule has 0 aliphatic rings. The van der Waals surface area contributed by atoms with Gasteiger partial charge >= 0.3 is 0 Å². The van der Waals surface area contributed by atoms with Crippen LogP contribution in [0.1, 0.15) is 0 Å². The maximum atomic E-state index is 9.70. The number of ether oxygens (including phenoxy) is 1. The summed E-state index contributed by atoms with van der Waals surface area (Å²) in [7, 11) is 1.43. The Morgan fingerprint density at radius 2 is 2.14 bits per heavy atom. The zero-order valence-electron chi connectivity index (χ0n) is 7.56. The molecule has 0 amide bonds. The molecule has 1 aromatic heterocycles. The van der Waals surface area contributed by atoms with Crippen molar-refractivity contribution < 1.29 is 14.9 Å². The van der Waals surface area contributed by atoms with Gasteiger partial charge in [0.1, 0.15) is 11.3 Å². The van der Waals surface area contributed by atoms with E-state index in [0.29, 0.717) is 10.9 Å². The van der Waals surface area contributed by atoms with Crippen LogP contribution in [0.2, 0.25) is 0 Å². The standard InChI is InChI=1S/C10H9NO3/c1-14-8-5-7(12)9-6(10(8)13)3-2-4-11-9/h2-5,12-13H,1H3. The Labute approximate surface area is 80.4 Å². The molecule has 0 saturated heterocycles. The van der Waals surface area contributed by atoms with Crippen molar-refractivity contribution in [2.45, 2.75) is 0 Å². The van der Waals surface area contributed by atoms with E-state index in [9.17, 15) is 10.2 Å². The molecule has 0 radical (unpaired) electrons. The van der Waals surface area contributed by atoms with Crippen LogP contribution in [-0.4, -0.2) is 22.3 Å². The van der Waals surface area contributed by atoms with E-state index >= 15 is 0 Å². The fraction of sp³-hybridized carbons (Fsp3) is 0.100. The summed E-state index contributed by atoms with van der Waals surface area (Å²) in [4.78, 5) is 3.95. The van der Waals surface area contributed by atoms with Gasteiger partial charge in [0, 0.05) is 17.6 Å². The summed E-state index contributed by atoms with van der Waals surface area (Å²) in [5.74, 6) is 0.228. The van der Waals surface area contributed by atoms with Crippen molar-refractivity contribution in [3.8, 4) is 17.2 Å². The van der Waals surface area contributed by atoms with Gasteiger partial charge in [0.25, 0.3) is 0 Å². The monoisotopic (exact) mass is 191 g/mol. The molecule has 0 atom stereocenters. The second kappa shape index (κ2) is 3.06. The van der Waals surface area contributed by atoms with E-state index in [-0.39, 0.29) is 17.2 Å². The van der Waals surface area contributed by atoms with Crippen LogP contribution in [0, 0.1) is 0 Å². The number of methoxy groups -OCH3 is 1. The van der Waals surface area contributed by atoms with Crippen molar-refractivity contribution in [2.24, 2.45) is 0 Å². The molecule has 0 fully saturated rings. The zero-order valence-corrected chi connectivity index (χ0v) is 7.56. The van der Waals surface area contributed by atoms with Gasteiger partial charge in [0.05, 0.1) is 7.11 Å². The highest BCUT2D eigenvalue weighted by Crippen LogP contribution is 2.38. The Kier molecular flexibility index (Phi) is 1.89. The maximum Gasteiger partial charge on any atom is 0.167 e. The molecule has 72 valence electrons. The summed E-state index contributed by atoms with van der Waals surface area (Å²) in [6, 6.07) is 4.69. The average Bonchev–Trinajstić information content (AvgIpc) is 2.23. The first-order valence-electron chi connectivity index (χ1n) is 4.07. The van der Waals surface area contributed by atoms with Crippen LogP contribution in [0.15, 0.2) is 24.4 Å². The molecule has 14 heavy (non-hydrogen) atoms.